The van der Waals surface area contributed by atoms with Gasteiger partial charge >= 0.3 is 0 Å². The van der Waals surface area contributed by atoms with Crippen molar-refractivity contribution >= 4 is 49.4 Å². The van der Waals surface area contributed by atoms with E-state index in [2.05, 4.69) is 130 Å². The first kappa shape index (κ1) is 28.3. The molecule has 0 atom stereocenters. The van der Waals surface area contributed by atoms with Gasteiger partial charge in [-0.15, -0.1) is 47.6 Å². The van der Waals surface area contributed by atoms with Crippen LogP contribution >= 0.6 is 0 Å². The molecule has 0 amide bonds. The van der Waals surface area contributed by atoms with E-state index in [4.69, 9.17) is 9.97 Å². The number of rotatable bonds is 4. The van der Waals surface area contributed by atoms with E-state index in [-0.39, 0.29) is 21.1 Å². The van der Waals surface area contributed by atoms with Gasteiger partial charge in [0.05, 0.1) is 16.9 Å². The Morgan fingerprint density at radius 2 is 1.54 bits per heavy atom. The number of fused-ring (bicyclic) bond motifs is 5. The molecular formula is C39H27N6Pt-3. The Hall–Kier alpha value is -5.19. The van der Waals surface area contributed by atoms with Crippen LogP contribution in [-0.4, -0.2) is 31.0 Å². The number of hydrogen-bond acceptors (Lipinski definition) is 4. The number of aryl methyl sites for hydroxylation is 1. The number of anilines is 1. The molecule has 4 heterocycles. The predicted octanol–water partition coefficient (Wildman–Crippen LogP) is 8.49. The molecule has 0 N–H and O–H groups in total. The summed E-state index contributed by atoms with van der Waals surface area (Å²) in [5, 5.41) is 4.63. The molecule has 0 fully saturated rings. The van der Waals surface area contributed by atoms with Crippen molar-refractivity contribution in [1.29, 1.82) is 0 Å². The smallest absolute Gasteiger partial charge is 0.132 e. The molecule has 0 radical (unpaired) electrons. The summed E-state index contributed by atoms with van der Waals surface area (Å²) in [6.07, 6.45) is 5.89. The summed E-state index contributed by atoms with van der Waals surface area (Å²) in [6.45, 7) is 2.03. The normalized spacial score (nSPS) is 13.0. The van der Waals surface area contributed by atoms with Gasteiger partial charge in [-0.1, -0.05) is 65.7 Å². The molecule has 5 aromatic carbocycles. The molecule has 0 bridgehead atoms. The Kier molecular flexibility index (Phi) is 6.77. The Labute approximate surface area is 281 Å². The second-order valence-corrected chi connectivity index (χ2v) is 11.5. The predicted molar refractivity (Wildman–Crippen MR) is 183 cm³/mol. The third-order valence-corrected chi connectivity index (χ3v) is 8.71. The summed E-state index contributed by atoms with van der Waals surface area (Å²) >= 11 is 0. The summed E-state index contributed by atoms with van der Waals surface area (Å²) < 4.78 is 4.31. The summed E-state index contributed by atoms with van der Waals surface area (Å²) in [4.78, 5) is 14.0. The van der Waals surface area contributed by atoms with Gasteiger partial charge < -0.3 is 18.9 Å². The van der Waals surface area contributed by atoms with E-state index in [1.165, 1.54) is 16.3 Å². The zero-order chi connectivity index (χ0) is 30.1. The minimum Gasteiger partial charge on any atom is -0.510 e. The molecule has 7 heteroatoms. The van der Waals surface area contributed by atoms with Crippen LogP contribution in [0, 0.1) is 18.8 Å². The minimum atomic E-state index is 0. The van der Waals surface area contributed by atoms with E-state index in [1.807, 2.05) is 43.3 Å². The van der Waals surface area contributed by atoms with Gasteiger partial charge in [0.25, 0.3) is 0 Å². The van der Waals surface area contributed by atoms with Crippen LogP contribution in [0.1, 0.15) is 0 Å². The largest absolute Gasteiger partial charge is 0.510 e. The van der Waals surface area contributed by atoms with E-state index in [9.17, 15) is 0 Å². The molecule has 1 aliphatic rings. The Morgan fingerprint density at radius 1 is 0.717 bits per heavy atom. The second-order valence-electron chi connectivity index (χ2n) is 11.5. The first-order valence-corrected chi connectivity index (χ1v) is 15.0. The van der Waals surface area contributed by atoms with Gasteiger partial charge in [-0.3, -0.25) is 4.98 Å². The maximum absolute atomic E-state index is 5.16. The Balaban J connectivity index is 0.00000312. The van der Waals surface area contributed by atoms with Gasteiger partial charge in [-0.05, 0) is 70.4 Å². The van der Waals surface area contributed by atoms with Crippen LogP contribution in [0.4, 0.5) is 5.69 Å². The first-order valence-electron chi connectivity index (χ1n) is 15.0. The average molecular weight is 775 g/mol. The fourth-order valence-electron chi connectivity index (χ4n) is 6.54. The van der Waals surface area contributed by atoms with E-state index in [1.54, 1.807) is 0 Å². The van der Waals surface area contributed by atoms with E-state index < -0.39 is 0 Å². The molecule has 0 aliphatic carbocycles. The number of pyridine rings is 1. The van der Waals surface area contributed by atoms with E-state index >= 15 is 0 Å². The topological polar surface area (TPSA) is 42.1 Å². The standard InChI is InChI=1S/C39H27N6.Pt/c1-42-20-21-44(25-42)29-10-6-11-30(24-29)45-37-23-28(15-17-33(37)34-14-7-19-40-39(34)45)38-41-35-22-27(16-18-36(35)43(38)2)32-13-5-9-26-8-3-4-12-31(26)32;/h3-22,25H,1-2H3;/q-3;. The molecule has 1 aliphatic heterocycles. The minimum absolute atomic E-state index is 0. The van der Waals surface area contributed by atoms with Crippen LogP contribution in [0.25, 0.3) is 71.9 Å². The summed E-state index contributed by atoms with van der Waals surface area (Å²) in [5.74, 6) is 0.865. The first-order chi connectivity index (χ1) is 22.1. The van der Waals surface area contributed by atoms with Gasteiger partial charge in [0.1, 0.15) is 5.65 Å². The van der Waals surface area contributed by atoms with Crippen molar-refractivity contribution in [2.75, 3.05) is 11.9 Å². The van der Waals surface area contributed by atoms with E-state index in [0.717, 1.165) is 61.3 Å². The molecule has 6 nitrogen and oxygen atoms in total. The molecule has 0 saturated carbocycles. The van der Waals surface area contributed by atoms with Crippen LogP contribution in [0.15, 0.2) is 122 Å². The zero-order valence-corrected chi connectivity index (χ0v) is 27.4. The number of nitrogens with zero attached hydrogens (tertiary/aromatic N) is 6. The summed E-state index contributed by atoms with van der Waals surface area (Å²) in [6, 6.07) is 43.5. The molecule has 0 unspecified atom stereocenters. The molecule has 226 valence electrons. The van der Waals surface area contributed by atoms with Crippen molar-refractivity contribution in [3.63, 3.8) is 0 Å². The molecule has 0 spiro atoms. The van der Waals surface area contributed by atoms with Crippen LogP contribution < -0.4 is 4.90 Å². The second kappa shape index (κ2) is 11.0. The van der Waals surface area contributed by atoms with Crippen LogP contribution in [0.3, 0.4) is 0 Å². The molecule has 8 aromatic rings. The maximum atomic E-state index is 5.16. The van der Waals surface area contributed by atoms with Gasteiger partial charge in [0.2, 0.25) is 0 Å². The van der Waals surface area contributed by atoms with Crippen LogP contribution in [-0.2, 0) is 28.1 Å². The van der Waals surface area contributed by atoms with Crippen molar-refractivity contribution in [2.45, 2.75) is 0 Å². The van der Waals surface area contributed by atoms with Crippen molar-refractivity contribution < 1.29 is 21.1 Å². The molecule has 0 saturated heterocycles. The van der Waals surface area contributed by atoms with Gasteiger partial charge in [0, 0.05) is 34.3 Å². The van der Waals surface area contributed by atoms with Crippen molar-refractivity contribution in [2.24, 2.45) is 7.05 Å². The Morgan fingerprint density at radius 3 is 2.43 bits per heavy atom. The number of imidazole rings is 1. The molecular weight excluding hydrogens is 748 g/mol. The quantitative estimate of drug-likeness (QED) is 0.168. The van der Waals surface area contributed by atoms with Crippen LogP contribution in [0.2, 0.25) is 0 Å². The van der Waals surface area contributed by atoms with Crippen molar-refractivity contribution in [1.82, 2.24) is 24.0 Å². The van der Waals surface area contributed by atoms with E-state index in [0.29, 0.717) is 0 Å². The molecule has 46 heavy (non-hydrogen) atoms. The maximum Gasteiger partial charge on any atom is 0.132 e. The molecule has 3 aromatic heterocycles. The van der Waals surface area contributed by atoms with Gasteiger partial charge in [0.15, 0.2) is 0 Å². The van der Waals surface area contributed by atoms with Crippen LogP contribution in [0.5, 0.6) is 0 Å². The third-order valence-electron chi connectivity index (χ3n) is 8.71. The summed E-state index contributed by atoms with van der Waals surface area (Å²) in [7, 11) is 4.09. The fourth-order valence-corrected chi connectivity index (χ4v) is 6.54. The molecule has 9 rings (SSSR count). The number of aromatic nitrogens is 4. The van der Waals surface area contributed by atoms with Crippen molar-refractivity contribution in [3.8, 4) is 28.2 Å². The zero-order valence-electron chi connectivity index (χ0n) is 25.1. The number of hydrogen-bond donors (Lipinski definition) is 0. The monoisotopic (exact) mass is 774 g/mol. The number of benzene rings is 5. The average Bonchev–Trinajstić information content (AvgIpc) is 3.77. The fraction of sp³-hybridized carbons (Fsp3) is 0.0513. The van der Waals surface area contributed by atoms with Crippen molar-refractivity contribution in [3.05, 3.63) is 141 Å². The summed E-state index contributed by atoms with van der Waals surface area (Å²) in [5.41, 5.74) is 8.98. The Bertz CT molecular complexity index is 2470. The van der Waals surface area contributed by atoms with Gasteiger partial charge in [-0.25, -0.2) is 4.98 Å². The third kappa shape index (κ3) is 4.44. The SMILES string of the molecule is CN1C=CN(c2[c-]c(-n3c4[c-]c(-c5nc6cc(-c7cccc8ccccc78)ccc6n5C)ccc4c4cccnc43)ccc2)[CH-]1.[Pt]. The van der Waals surface area contributed by atoms with Gasteiger partial charge in [-0.2, -0.15) is 12.7 Å².